The van der Waals surface area contributed by atoms with E-state index in [2.05, 4.69) is 5.32 Å². The molecule has 0 bridgehead atoms. The minimum absolute atomic E-state index is 0.0821. The Morgan fingerprint density at radius 3 is 2.27 bits per heavy atom. The van der Waals surface area contributed by atoms with Gasteiger partial charge >= 0.3 is 0 Å². The predicted molar refractivity (Wildman–Crippen MR) is 59.5 cm³/mol. The molecule has 0 fully saturated rings. The molecule has 5 nitrogen and oxygen atoms in total. The van der Waals surface area contributed by atoms with E-state index in [-0.39, 0.29) is 11.9 Å². The molecule has 1 rings (SSSR count). The molecule has 3 N–H and O–H groups in total. The van der Waals surface area contributed by atoms with Crippen molar-refractivity contribution in [2.75, 3.05) is 5.32 Å². The van der Waals surface area contributed by atoms with Crippen LogP contribution < -0.4 is 11.1 Å². The SMILES string of the molecule is CC(C)C(N)Nc1ccc([N+](=O)[O-])cc1. The molecular weight excluding hydrogens is 194 g/mol. The molecule has 1 aromatic rings. The number of hydrogen-bond donors (Lipinski definition) is 2. The molecule has 0 aliphatic heterocycles. The number of nitrogens with two attached hydrogens (primary N) is 1. The van der Waals surface area contributed by atoms with E-state index in [4.69, 9.17) is 5.73 Å². The maximum Gasteiger partial charge on any atom is 0.269 e. The van der Waals surface area contributed by atoms with Crippen LogP contribution in [0.4, 0.5) is 11.4 Å². The van der Waals surface area contributed by atoms with Gasteiger partial charge in [0.05, 0.1) is 11.1 Å². The zero-order chi connectivity index (χ0) is 11.4. The van der Waals surface area contributed by atoms with Crippen LogP contribution >= 0.6 is 0 Å². The molecule has 0 saturated heterocycles. The standard InChI is InChI=1S/C10H15N3O2/c1-7(2)10(11)12-8-3-5-9(6-4-8)13(14)15/h3-7,10,12H,11H2,1-2H3. The second kappa shape index (κ2) is 4.75. The predicted octanol–water partition coefficient (Wildman–Crippen LogP) is 1.95. The fourth-order valence-electron chi connectivity index (χ4n) is 1.04. The average molecular weight is 209 g/mol. The lowest BCUT2D eigenvalue weighted by molar-refractivity contribution is -0.384. The van der Waals surface area contributed by atoms with Crippen molar-refractivity contribution in [1.29, 1.82) is 0 Å². The van der Waals surface area contributed by atoms with Gasteiger partial charge in [-0.1, -0.05) is 13.8 Å². The Balaban J connectivity index is 2.68. The van der Waals surface area contributed by atoms with Crippen LogP contribution in [0.3, 0.4) is 0 Å². The zero-order valence-corrected chi connectivity index (χ0v) is 8.81. The summed E-state index contributed by atoms with van der Waals surface area (Å²) in [6, 6.07) is 6.21. The van der Waals surface area contributed by atoms with Crippen LogP contribution in [-0.2, 0) is 0 Å². The van der Waals surface area contributed by atoms with E-state index in [1.165, 1.54) is 12.1 Å². The van der Waals surface area contributed by atoms with Crippen LogP contribution in [0.5, 0.6) is 0 Å². The third-order valence-electron chi connectivity index (χ3n) is 2.13. The fraction of sp³-hybridized carbons (Fsp3) is 0.400. The highest BCUT2D eigenvalue weighted by atomic mass is 16.6. The van der Waals surface area contributed by atoms with E-state index in [9.17, 15) is 10.1 Å². The average Bonchev–Trinajstić information content (AvgIpc) is 2.18. The molecule has 1 unspecified atom stereocenters. The van der Waals surface area contributed by atoms with Gasteiger partial charge in [0.15, 0.2) is 0 Å². The van der Waals surface area contributed by atoms with Gasteiger partial charge in [0.1, 0.15) is 0 Å². The van der Waals surface area contributed by atoms with E-state index in [1.54, 1.807) is 12.1 Å². The van der Waals surface area contributed by atoms with Crippen molar-refractivity contribution in [2.24, 2.45) is 11.7 Å². The Kier molecular flexibility index (Phi) is 3.62. The summed E-state index contributed by atoms with van der Waals surface area (Å²) in [4.78, 5) is 9.98. The maximum absolute atomic E-state index is 10.4. The number of hydrogen-bond acceptors (Lipinski definition) is 4. The first-order valence-electron chi connectivity index (χ1n) is 4.77. The summed E-state index contributed by atoms with van der Waals surface area (Å²) < 4.78 is 0. The normalized spacial score (nSPS) is 12.5. The molecule has 82 valence electrons. The van der Waals surface area contributed by atoms with E-state index >= 15 is 0 Å². The third-order valence-corrected chi connectivity index (χ3v) is 2.13. The van der Waals surface area contributed by atoms with Crippen molar-refractivity contribution in [3.8, 4) is 0 Å². The first-order chi connectivity index (χ1) is 7.00. The number of benzene rings is 1. The summed E-state index contributed by atoms with van der Waals surface area (Å²) in [6.45, 7) is 4.01. The molecule has 0 amide bonds. The lowest BCUT2D eigenvalue weighted by Crippen LogP contribution is -2.34. The van der Waals surface area contributed by atoms with E-state index in [1.807, 2.05) is 13.8 Å². The van der Waals surface area contributed by atoms with Crippen molar-refractivity contribution in [1.82, 2.24) is 0 Å². The Morgan fingerprint density at radius 1 is 1.33 bits per heavy atom. The van der Waals surface area contributed by atoms with Crippen LogP contribution in [0.25, 0.3) is 0 Å². The van der Waals surface area contributed by atoms with Gasteiger partial charge in [0.2, 0.25) is 0 Å². The van der Waals surface area contributed by atoms with Crippen molar-refractivity contribution >= 4 is 11.4 Å². The molecule has 1 atom stereocenters. The monoisotopic (exact) mass is 209 g/mol. The smallest absolute Gasteiger partial charge is 0.269 e. The second-order valence-electron chi connectivity index (χ2n) is 3.72. The highest BCUT2D eigenvalue weighted by Gasteiger charge is 2.08. The Hall–Kier alpha value is -1.62. The quantitative estimate of drug-likeness (QED) is 0.451. The summed E-state index contributed by atoms with van der Waals surface area (Å²) in [5.74, 6) is 0.306. The van der Waals surface area contributed by atoms with Gasteiger partial charge in [-0.3, -0.25) is 10.1 Å². The van der Waals surface area contributed by atoms with Crippen LogP contribution in [0.2, 0.25) is 0 Å². The van der Waals surface area contributed by atoms with Crippen molar-refractivity contribution in [3.05, 3.63) is 34.4 Å². The topological polar surface area (TPSA) is 81.2 Å². The number of nitro benzene ring substituents is 1. The van der Waals surface area contributed by atoms with Crippen LogP contribution in [0.15, 0.2) is 24.3 Å². The van der Waals surface area contributed by atoms with Gasteiger partial charge in [-0.2, -0.15) is 0 Å². The fourth-order valence-corrected chi connectivity index (χ4v) is 1.04. The van der Waals surface area contributed by atoms with Gasteiger partial charge in [0, 0.05) is 17.8 Å². The lowest BCUT2D eigenvalue weighted by atomic mass is 10.1. The first-order valence-corrected chi connectivity index (χ1v) is 4.77. The maximum atomic E-state index is 10.4. The number of anilines is 1. The molecule has 0 spiro atoms. The van der Waals surface area contributed by atoms with Gasteiger partial charge < -0.3 is 11.1 Å². The highest BCUT2D eigenvalue weighted by Crippen LogP contribution is 2.16. The minimum Gasteiger partial charge on any atom is -0.370 e. The number of non-ortho nitro benzene ring substituents is 1. The second-order valence-corrected chi connectivity index (χ2v) is 3.72. The largest absolute Gasteiger partial charge is 0.370 e. The number of nitrogens with one attached hydrogen (secondary N) is 1. The van der Waals surface area contributed by atoms with Crippen molar-refractivity contribution in [3.63, 3.8) is 0 Å². The zero-order valence-electron chi connectivity index (χ0n) is 8.81. The Morgan fingerprint density at radius 2 is 1.87 bits per heavy atom. The summed E-state index contributed by atoms with van der Waals surface area (Å²) in [7, 11) is 0. The van der Waals surface area contributed by atoms with Gasteiger partial charge in [-0.05, 0) is 18.1 Å². The Bertz CT molecular complexity index is 335. The lowest BCUT2D eigenvalue weighted by Gasteiger charge is -2.18. The number of rotatable bonds is 4. The van der Waals surface area contributed by atoms with E-state index < -0.39 is 4.92 Å². The third kappa shape index (κ3) is 3.21. The summed E-state index contributed by atoms with van der Waals surface area (Å²) in [5.41, 5.74) is 6.68. The Labute approximate surface area is 88.4 Å². The summed E-state index contributed by atoms with van der Waals surface area (Å²) in [6.07, 6.45) is -0.147. The van der Waals surface area contributed by atoms with Gasteiger partial charge in [-0.15, -0.1) is 0 Å². The van der Waals surface area contributed by atoms with Crippen LogP contribution in [-0.4, -0.2) is 11.1 Å². The molecule has 0 aliphatic rings. The molecule has 0 heterocycles. The van der Waals surface area contributed by atoms with Crippen molar-refractivity contribution in [2.45, 2.75) is 20.0 Å². The molecule has 15 heavy (non-hydrogen) atoms. The number of nitrogens with zero attached hydrogens (tertiary/aromatic N) is 1. The number of nitro groups is 1. The molecule has 0 saturated carbocycles. The summed E-state index contributed by atoms with van der Waals surface area (Å²) >= 11 is 0. The minimum atomic E-state index is -0.424. The van der Waals surface area contributed by atoms with Gasteiger partial charge in [0.25, 0.3) is 5.69 Å². The molecular formula is C10H15N3O2. The van der Waals surface area contributed by atoms with Crippen molar-refractivity contribution < 1.29 is 4.92 Å². The summed E-state index contributed by atoms with van der Waals surface area (Å²) in [5, 5.41) is 13.5. The van der Waals surface area contributed by atoms with Gasteiger partial charge in [-0.25, -0.2) is 0 Å². The molecule has 0 radical (unpaired) electrons. The first kappa shape index (κ1) is 11.5. The molecule has 0 aliphatic carbocycles. The molecule has 0 aromatic heterocycles. The van der Waals surface area contributed by atoms with Crippen LogP contribution in [0, 0.1) is 16.0 Å². The van der Waals surface area contributed by atoms with E-state index in [0.29, 0.717) is 5.92 Å². The molecule has 1 aromatic carbocycles. The molecule has 5 heteroatoms. The van der Waals surface area contributed by atoms with Crippen LogP contribution in [0.1, 0.15) is 13.8 Å². The highest BCUT2D eigenvalue weighted by molar-refractivity contribution is 5.48. The van der Waals surface area contributed by atoms with E-state index in [0.717, 1.165) is 5.69 Å².